The van der Waals surface area contributed by atoms with Crippen molar-refractivity contribution in [2.75, 3.05) is 0 Å². The first-order valence-corrected chi connectivity index (χ1v) is 6.91. The van der Waals surface area contributed by atoms with Crippen molar-refractivity contribution >= 4 is 21.6 Å². The van der Waals surface area contributed by atoms with Gasteiger partial charge in [0.25, 0.3) is 0 Å². The highest BCUT2D eigenvalue weighted by molar-refractivity contribution is 9.10. The highest BCUT2D eigenvalue weighted by Crippen LogP contribution is 2.29. The first-order valence-electron chi connectivity index (χ1n) is 6.12. The molecule has 0 saturated carbocycles. The number of hydrogen-bond acceptors (Lipinski definition) is 4. The molecule has 0 aliphatic rings. The van der Waals surface area contributed by atoms with E-state index in [1.165, 1.54) is 0 Å². The molecular formula is C15H15BrN2O2. The van der Waals surface area contributed by atoms with Gasteiger partial charge in [-0.2, -0.15) is 0 Å². The Morgan fingerprint density at radius 1 is 1.20 bits per heavy atom. The van der Waals surface area contributed by atoms with Crippen molar-refractivity contribution in [1.29, 1.82) is 0 Å². The molecule has 104 valence electrons. The standard InChI is InChI=1S/C15H15BrN2O2/c16-13-8-11(7-12(9-17)15(13)19)14(18-20)6-10-4-2-1-3-5-10/h1-5,7-8,19-20H,6,9,17H2. The molecule has 0 aromatic heterocycles. The Morgan fingerprint density at radius 3 is 2.50 bits per heavy atom. The number of halogens is 1. The number of oxime groups is 1. The van der Waals surface area contributed by atoms with Gasteiger partial charge in [0, 0.05) is 24.1 Å². The monoisotopic (exact) mass is 334 g/mol. The van der Waals surface area contributed by atoms with Crippen LogP contribution in [0.2, 0.25) is 0 Å². The maximum Gasteiger partial charge on any atom is 0.134 e. The predicted octanol–water partition coefficient (Wildman–Crippen LogP) is 3.03. The molecule has 0 aliphatic carbocycles. The molecule has 0 aliphatic heterocycles. The second-order valence-corrected chi connectivity index (χ2v) is 5.23. The summed E-state index contributed by atoms with van der Waals surface area (Å²) in [5.41, 5.74) is 8.48. The van der Waals surface area contributed by atoms with Gasteiger partial charge >= 0.3 is 0 Å². The van der Waals surface area contributed by atoms with Crippen LogP contribution in [0, 0.1) is 0 Å². The molecule has 0 fully saturated rings. The summed E-state index contributed by atoms with van der Waals surface area (Å²) >= 11 is 3.28. The van der Waals surface area contributed by atoms with Crippen molar-refractivity contribution < 1.29 is 10.3 Å². The predicted molar refractivity (Wildman–Crippen MR) is 82.2 cm³/mol. The summed E-state index contributed by atoms with van der Waals surface area (Å²) in [7, 11) is 0. The molecule has 2 aromatic carbocycles. The van der Waals surface area contributed by atoms with E-state index in [1.807, 2.05) is 30.3 Å². The Labute approximate surface area is 125 Å². The van der Waals surface area contributed by atoms with Crippen LogP contribution in [0.15, 0.2) is 52.1 Å². The van der Waals surface area contributed by atoms with Gasteiger partial charge in [0.15, 0.2) is 0 Å². The molecule has 4 N–H and O–H groups in total. The van der Waals surface area contributed by atoms with Crippen LogP contribution in [-0.4, -0.2) is 16.0 Å². The van der Waals surface area contributed by atoms with Gasteiger partial charge in [-0.1, -0.05) is 35.5 Å². The number of nitrogens with two attached hydrogens (primary N) is 1. The average Bonchev–Trinajstić information content (AvgIpc) is 2.48. The lowest BCUT2D eigenvalue weighted by atomic mass is 10.00. The molecule has 0 heterocycles. The van der Waals surface area contributed by atoms with Crippen LogP contribution >= 0.6 is 15.9 Å². The fourth-order valence-corrected chi connectivity index (χ4v) is 2.46. The Balaban J connectivity index is 2.36. The molecule has 5 heteroatoms. The van der Waals surface area contributed by atoms with E-state index >= 15 is 0 Å². The third-order valence-corrected chi connectivity index (χ3v) is 3.64. The minimum absolute atomic E-state index is 0.119. The molecule has 0 saturated heterocycles. The third-order valence-electron chi connectivity index (χ3n) is 3.03. The molecule has 0 amide bonds. The van der Waals surface area contributed by atoms with Crippen LogP contribution in [0.3, 0.4) is 0 Å². The Bertz CT molecular complexity index is 627. The Morgan fingerprint density at radius 2 is 1.90 bits per heavy atom. The topological polar surface area (TPSA) is 78.8 Å². The lowest BCUT2D eigenvalue weighted by Gasteiger charge is -2.10. The molecule has 4 nitrogen and oxygen atoms in total. The van der Waals surface area contributed by atoms with Gasteiger partial charge in [0.1, 0.15) is 5.75 Å². The zero-order chi connectivity index (χ0) is 14.5. The van der Waals surface area contributed by atoms with Crippen LogP contribution in [-0.2, 0) is 13.0 Å². The fraction of sp³-hybridized carbons (Fsp3) is 0.133. The highest BCUT2D eigenvalue weighted by Gasteiger charge is 2.12. The lowest BCUT2D eigenvalue weighted by molar-refractivity contribution is 0.318. The van der Waals surface area contributed by atoms with Gasteiger partial charge in [-0.25, -0.2) is 0 Å². The molecule has 2 rings (SSSR count). The van der Waals surface area contributed by atoms with E-state index in [2.05, 4.69) is 21.1 Å². The summed E-state index contributed by atoms with van der Waals surface area (Å²) in [5.74, 6) is 0.119. The molecule has 0 unspecified atom stereocenters. The van der Waals surface area contributed by atoms with Crippen LogP contribution in [0.1, 0.15) is 16.7 Å². The van der Waals surface area contributed by atoms with Crippen LogP contribution < -0.4 is 5.73 Å². The van der Waals surface area contributed by atoms with Gasteiger partial charge < -0.3 is 16.0 Å². The normalized spacial score (nSPS) is 11.6. The number of aromatic hydroxyl groups is 1. The van der Waals surface area contributed by atoms with E-state index in [0.29, 0.717) is 22.2 Å². The summed E-state index contributed by atoms with van der Waals surface area (Å²) in [6.07, 6.45) is 0.499. The number of phenols is 1. The van der Waals surface area contributed by atoms with Gasteiger partial charge in [0.05, 0.1) is 10.2 Å². The van der Waals surface area contributed by atoms with Crippen LogP contribution in [0.4, 0.5) is 0 Å². The van der Waals surface area contributed by atoms with Crippen molar-refractivity contribution in [3.63, 3.8) is 0 Å². The van der Waals surface area contributed by atoms with Gasteiger partial charge in [-0.15, -0.1) is 0 Å². The number of benzene rings is 2. The summed E-state index contributed by atoms with van der Waals surface area (Å²) < 4.78 is 0.532. The zero-order valence-electron chi connectivity index (χ0n) is 10.8. The Kier molecular flexibility index (Phi) is 4.76. The van der Waals surface area contributed by atoms with E-state index in [9.17, 15) is 10.3 Å². The summed E-state index contributed by atoms with van der Waals surface area (Å²) in [6.45, 7) is 0.211. The second kappa shape index (κ2) is 6.54. The van der Waals surface area contributed by atoms with E-state index in [1.54, 1.807) is 12.1 Å². The van der Waals surface area contributed by atoms with E-state index in [-0.39, 0.29) is 12.3 Å². The second-order valence-electron chi connectivity index (χ2n) is 4.38. The number of hydrogen-bond donors (Lipinski definition) is 3. The van der Waals surface area contributed by atoms with Crippen molar-refractivity contribution in [3.05, 3.63) is 63.6 Å². The SMILES string of the molecule is NCc1cc(C(Cc2ccccc2)=NO)cc(Br)c1O. The Hall–Kier alpha value is -1.85. The molecule has 0 spiro atoms. The molecule has 0 bridgehead atoms. The van der Waals surface area contributed by atoms with E-state index in [4.69, 9.17) is 5.73 Å². The number of phenolic OH excluding ortho intramolecular Hbond substituents is 1. The number of nitrogens with zero attached hydrogens (tertiary/aromatic N) is 1. The largest absolute Gasteiger partial charge is 0.506 e. The maximum absolute atomic E-state index is 9.84. The first kappa shape index (κ1) is 14.6. The van der Waals surface area contributed by atoms with Crippen LogP contribution in [0.5, 0.6) is 5.75 Å². The lowest BCUT2D eigenvalue weighted by Crippen LogP contribution is -2.08. The zero-order valence-corrected chi connectivity index (χ0v) is 12.3. The van der Waals surface area contributed by atoms with Gasteiger partial charge in [-0.3, -0.25) is 0 Å². The molecule has 2 aromatic rings. The number of rotatable bonds is 4. The average molecular weight is 335 g/mol. The molecule has 0 atom stereocenters. The molecular weight excluding hydrogens is 320 g/mol. The fourth-order valence-electron chi connectivity index (χ4n) is 1.96. The van der Waals surface area contributed by atoms with Crippen molar-refractivity contribution in [1.82, 2.24) is 0 Å². The minimum Gasteiger partial charge on any atom is -0.506 e. The summed E-state index contributed by atoms with van der Waals surface area (Å²) in [4.78, 5) is 0. The smallest absolute Gasteiger partial charge is 0.134 e. The van der Waals surface area contributed by atoms with Crippen molar-refractivity contribution in [2.24, 2.45) is 10.9 Å². The summed E-state index contributed by atoms with van der Waals surface area (Å²) in [6, 6.07) is 13.2. The van der Waals surface area contributed by atoms with E-state index in [0.717, 1.165) is 11.1 Å². The molecule has 20 heavy (non-hydrogen) atoms. The quantitative estimate of drug-likeness (QED) is 0.456. The first-order chi connectivity index (χ1) is 9.65. The third kappa shape index (κ3) is 3.18. The van der Waals surface area contributed by atoms with Crippen molar-refractivity contribution in [3.8, 4) is 5.75 Å². The maximum atomic E-state index is 9.84. The van der Waals surface area contributed by atoms with Crippen molar-refractivity contribution in [2.45, 2.75) is 13.0 Å². The molecule has 0 radical (unpaired) electrons. The van der Waals surface area contributed by atoms with Gasteiger partial charge in [0.2, 0.25) is 0 Å². The van der Waals surface area contributed by atoms with Crippen LogP contribution in [0.25, 0.3) is 0 Å². The van der Waals surface area contributed by atoms with E-state index < -0.39 is 0 Å². The summed E-state index contributed by atoms with van der Waals surface area (Å²) in [5, 5.41) is 22.5. The minimum atomic E-state index is 0.119. The highest BCUT2D eigenvalue weighted by atomic mass is 79.9. The van der Waals surface area contributed by atoms with Gasteiger partial charge in [-0.05, 0) is 33.6 Å².